The quantitative estimate of drug-likeness (QED) is 0.934. The molecule has 1 aromatic carbocycles. The Bertz CT molecular complexity index is 620. The number of methoxy groups -OCH3 is 2. The molecule has 0 aliphatic rings. The SMILES string of the molecule is COc1ncc(-c2c(C)c(Br)c(C)c(C)c2OC)[nH]1. The van der Waals surface area contributed by atoms with Gasteiger partial charge in [-0.05, 0) is 37.5 Å². The third kappa shape index (κ3) is 2.23. The van der Waals surface area contributed by atoms with E-state index in [0.29, 0.717) is 6.01 Å². The van der Waals surface area contributed by atoms with E-state index in [4.69, 9.17) is 9.47 Å². The maximum atomic E-state index is 5.58. The summed E-state index contributed by atoms with van der Waals surface area (Å²) < 4.78 is 11.8. The van der Waals surface area contributed by atoms with Gasteiger partial charge in [0.1, 0.15) is 5.75 Å². The lowest BCUT2D eigenvalue weighted by Gasteiger charge is -2.17. The van der Waals surface area contributed by atoms with Gasteiger partial charge in [0.15, 0.2) is 0 Å². The standard InChI is InChI=1S/C14H17BrN2O2/c1-7-8(2)13(18-4)11(9(3)12(7)15)10-6-16-14(17-10)19-5/h6H,1-5H3,(H,16,17). The maximum absolute atomic E-state index is 5.58. The van der Waals surface area contributed by atoms with Gasteiger partial charge in [-0.15, -0.1) is 0 Å². The lowest BCUT2D eigenvalue weighted by Crippen LogP contribution is -1.99. The number of imidazole rings is 1. The fraction of sp³-hybridized carbons (Fsp3) is 0.357. The van der Waals surface area contributed by atoms with Crippen molar-refractivity contribution >= 4 is 15.9 Å². The largest absolute Gasteiger partial charge is 0.496 e. The number of ether oxygens (including phenoxy) is 2. The minimum atomic E-state index is 0.491. The second-order valence-corrected chi connectivity index (χ2v) is 5.20. The van der Waals surface area contributed by atoms with E-state index in [-0.39, 0.29) is 0 Å². The van der Waals surface area contributed by atoms with Crippen molar-refractivity contribution < 1.29 is 9.47 Å². The van der Waals surface area contributed by atoms with Crippen molar-refractivity contribution in [1.82, 2.24) is 9.97 Å². The summed E-state index contributed by atoms with van der Waals surface area (Å²) in [5, 5.41) is 0. The van der Waals surface area contributed by atoms with E-state index in [0.717, 1.165) is 32.6 Å². The van der Waals surface area contributed by atoms with Crippen LogP contribution < -0.4 is 9.47 Å². The Morgan fingerprint density at radius 1 is 1.05 bits per heavy atom. The topological polar surface area (TPSA) is 47.1 Å². The summed E-state index contributed by atoms with van der Waals surface area (Å²) in [7, 11) is 3.27. The highest BCUT2D eigenvalue weighted by Crippen LogP contribution is 2.41. The highest BCUT2D eigenvalue weighted by Gasteiger charge is 2.19. The van der Waals surface area contributed by atoms with Gasteiger partial charge >= 0.3 is 0 Å². The molecule has 0 unspecified atom stereocenters. The van der Waals surface area contributed by atoms with Crippen LogP contribution in [-0.4, -0.2) is 24.2 Å². The van der Waals surface area contributed by atoms with Crippen molar-refractivity contribution in [3.05, 3.63) is 27.4 Å². The average Bonchev–Trinajstić information content (AvgIpc) is 2.88. The molecular formula is C14H17BrN2O2. The van der Waals surface area contributed by atoms with Crippen LogP contribution in [0.1, 0.15) is 16.7 Å². The van der Waals surface area contributed by atoms with Gasteiger partial charge in [-0.3, -0.25) is 0 Å². The molecule has 4 nitrogen and oxygen atoms in total. The fourth-order valence-corrected chi connectivity index (χ4v) is 2.69. The molecule has 2 aromatic rings. The van der Waals surface area contributed by atoms with Crippen LogP contribution in [0.4, 0.5) is 0 Å². The lowest BCUT2D eigenvalue weighted by molar-refractivity contribution is 0.384. The van der Waals surface area contributed by atoms with E-state index in [1.807, 2.05) is 0 Å². The second kappa shape index (κ2) is 5.25. The second-order valence-electron chi connectivity index (χ2n) is 4.40. The van der Waals surface area contributed by atoms with Gasteiger partial charge < -0.3 is 14.5 Å². The summed E-state index contributed by atoms with van der Waals surface area (Å²) in [5.41, 5.74) is 5.31. The number of hydrogen-bond donors (Lipinski definition) is 1. The van der Waals surface area contributed by atoms with Crippen LogP contribution in [0.15, 0.2) is 10.7 Å². The number of rotatable bonds is 3. The Balaban J connectivity index is 2.74. The van der Waals surface area contributed by atoms with Crippen LogP contribution in [-0.2, 0) is 0 Å². The van der Waals surface area contributed by atoms with Gasteiger partial charge in [0, 0.05) is 10.0 Å². The van der Waals surface area contributed by atoms with Crippen molar-refractivity contribution in [2.45, 2.75) is 20.8 Å². The van der Waals surface area contributed by atoms with Gasteiger partial charge in [-0.2, -0.15) is 0 Å². The molecule has 0 bridgehead atoms. The summed E-state index contributed by atoms with van der Waals surface area (Å²) >= 11 is 3.64. The first-order chi connectivity index (χ1) is 9.01. The molecule has 0 saturated heterocycles. The molecule has 102 valence electrons. The van der Waals surface area contributed by atoms with E-state index < -0.39 is 0 Å². The monoisotopic (exact) mass is 324 g/mol. The summed E-state index contributed by atoms with van der Waals surface area (Å²) in [4.78, 5) is 7.30. The molecule has 2 rings (SSSR count). The van der Waals surface area contributed by atoms with Crippen LogP contribution in [0.25, 0.3) is 11.3 Å². The Hall–Kier alpha value is -1.49. The molecule has 5 heteroatoms. The van der Waals surface area contributed by atoms with Crippen molar-refractivity contribution in [2.24, 2.45) is 0 Å². The number of aromatic amines is 1. The Morgan fingerprint density at radius 2 is 1.74 bits per heavy atom. The van der Waals surface area contributed by atoms with Crippen molar-refractivity contribution in [2.75, 3.05) is 14.2 Å². The highest BCUT2D eigenvalue weighted by molar-refractivity contribution is 9.10. The van der Waals surface area contributed by atoms with Crippen LogP contribution in [0.2, 0.25) is 0 Å². The number of hydrogen-bond acceptors (Lipinski definition) is 3. The van der Waals surface area contributed by atoms with Crippen LogP contribution >= 0.6 is 15.9 Å². The number of halogens is 1. The van der Waals surface area contributed by atoms with E-state index in [2.05, 4.69) is 46.7 Å². The Morgan fingerprint density at radius 3 is 2.26 bits per heavy atom. The minimum Gasteiger partial charge on any atom is -0.496 e. The Kier molecular flexibility index (Phi) is 3.85. The van der Waals surface area contributed by atoms with Gasteiger partial charge in [0.2, 0.25) is 0 Å². The third-order valence-electron chi connectivity index (χ3n) is 3.38. The number of nitrogens with zero attached hydrogens (tertiary/aromatic N) is 1. The van der Waals surface area contributed by atoms with Gasteiger partial charge in [-0.25, -0.2) is 4.98 Å². The first kappa shape index (κ1) is 13.9. The van der Waals surface area contributed by atoms with Crippen molar-refractivity contribution in [1.29, 1.82) is 0 Å². The molecule has 0 aliphatic heterocycles. The molecule has 0 aliphatic carbocycles. The first-order valence-electron chi connectivity index (χ1n) is 5.93. The predicted molar refractivity (Wildman–Crippen MR) is 79.0 cm³/mol. The summed E-state index contributed by atoms with van der Waals surface area (Å²) in [6.45, 7) is 6.18. The van der Waals surface area contributed by atoms with E-state index in [9.17, 15) is 0 Å². The summed E-state index contributed by atoms with van der Waals surface area (Å²) in [5.74, 6) is 0.865. The molecule has 0 radical (unpaired) electrons. The van der Waals surface area contributed by atoms with Crippen LogP contribution in [0, 0.1) is 20.8 Å². The van der Waals surface area contributed by atoms with E-state index in [1.54, 1.807) is 20.4 Å². The van der Waals surface area contributed by atoms with E-state index in [1.165, 1.54) is 5.56 Å². The molecule has 0 amide bonds. The van der Waals surface area contributed by atoms with Crippen LogP contribution in [0.5, 0.6) is 11.8 Å². The fourth-order valence-electron chi connectivity index (χ4n) is 2.20. The number of H-pyrrole nitrogens is 1. The van der Waals surface area contributed by atoms with Crippen LogP contribution in [0.3, 0.4) is 0 Å². The molecule has 0 spiro atoms. The Labute approximate surface area is 121 Å². The zero-order valence-electron chi connectivity index (χ0n) is 11.7. The third-order valence-corrected chi connectivity index (χ3v) is 4.57. The molecule has 1 heterocycles. The summed E-state index contributed by atoms with van der Waals surface area (Å²) in [6.07, 6.45) is 1.75. The maximum Gasteiger partial charge on any atom is 0.293 e. The molecule has 1 N–H and O–H groups in total. The molecule has 1 aromatic heterocycles. The number of benzene rings is 1. The smallest absolute Gasteiger partial charge is 0.293 e. The molecular weight excluding hydrogens is 308 g/mol. The van der Waals surface area contributed by atoms with Gasteiger partial charge in [-0.1, -0.05) is 15.9 Å². The molecule has 19 heavy (non-hydrogen) atoms. The lowest BCUT2D eigenvalue weighted by atomic mass is 9.97. The highest BCUT2D eigenvalue weighted by atomic mass is 79.9. The molecule has 0 saturated carbocycles. The first-order valence-corrected chi connectivity index (χ1v) is 6.73. The zero-order chi connectivity index (χ0) is 14.2. The van der Waals surface area contributed by atoms with Crippen molar-refractivity contribution in [3.63, 3.8) is 0 Å². The predicted octanol–water partition coefficient (Wildman–Crippen LogP) is 3.78. The normalized spacial score (nSPS) is 10.6. The average molecular weight is 325 g/mol. The molecule has 0 fully saturated rings. The van der Waals surface area contributed by atoms with Gasteiger partial charge in [0.25, 0.3) is 6.01 Å². The number of aromatic nitrogens is 2. The number of nitrogens with one attached hydrogen (secondary N) is 1. The zero-order valence-corrected chi connectivity index (χ0v) is 13.3. The van der Waals surface area contributed by atoms with E-state index >= 15 is 0 Å². The van der Waals surface area contributed by atoms with Crippen molar-refractivity contribution in [3.8, 4) is 23.0 Å². The molecule has 0 atom stereocenters. The minimum absolute atomic E-state index is 0.491. The van der Waals surface area contributed by atoms with Gasteiger partial charge in [0.05, 0.1) is 26.1 Å². The summed E-state index contributed by atoms with van der Waals surface area (Å²) in [6, 6.07) is 0.491.